The second kappa shape index (κ2) is 5.55. The summed E-state index contributed by atoms with van der Waals surface area (Å²) in [6.07, 6.45) is 4.04. The lowest BCUT2D eigenvalue weighted by atomic mass is 9.84. The summed E-state index contributed by atoms with van der Waals surface area (Å²) in [4.78, 5) is 12.5. The maximum absolute atomic E-state index is 12.5. The molecule has 1 aromatic carbocycles. The Morgan fingerprint density at radius 3 is 2.78 bits per heavy atom. The molecule has 0 bridgehead atoms. The number of hydrogen-bond acceptors (Lipinski definition) is 3. The highest BCUT2D eigenvalue weighted by molar-refractivity contribution is 5.88. The van der Waals surface area contributed by atoms with Crippen LogP contribution in [0.5, 0.6) is 5.75 Å². The summed E-state index contributed by atoms with van der Waals surface area (Å²) in [6.45, 7) is 10.4. The van der Waals surface area contributed by atoms with Crippen LogP contribution in [0.25, 0.3) is 11.0 Å². The van der Waals surface area contributed by atoms with Gasteiger partial charge < -0.3 is 9.15 Å². The summed E-state index contributed by atoms with van der Waals surface area (Å²) in [5.41, 5.74) is 3.03. The monoisotopic (exact) mass is 312 g/mol. The van der Waals surface area contributed by atoms with Crippen LogP contribution in [-0.2, 0) is 0 Å². The van der Waals surface area contributed by atoms with E-state index in [1.54, 1.807) is 0 Å². The van der Waals surface area contributed by atoms with Crippen LogP contribution in [0.3, 0.4) is 0 Å². The van der Waals surface area contributed by atoms with Gasteiger partial charge in [-0.05, 0) is 52.2 Å². The highest BCUT2D eigenvalue weighted by atomic mass is 16.5. The van der Waals surface area contributed by atoms with Gasteiger partial charge in [0.2, 0.25) is 0 Å². The van der Waals surface area contributed by atoms with Crippen molar-refractivity contribution in [2.24, 2.45) is 0 Å². The van der Waals surface area contributed by atoms with Crippen LogP contribution in [0.2, 0.25) is 0 Å². The normalized spacial score (nSPS) is 22.7. The second-order valence-corrected chi connectivity index (χ2v) is 7.04. The van der Waals surface area contributed by atoms with Gasteiger partial charge in [0.25, 0.3) is 0 Å². The van der Waals surface area contributed by atoms with E-state index in [0.29, 0.717) is 11.1 Å². The molecule has 1 aromatic heterocycles. The van der Waals surface area contributed by atoms with Crippen molar-refractivity contribution in [1.82, 2.24) is 0 Å². The molecule has 0 N–H and O–H groups in total. The molecular formula is C20H24O3. The second-order valence-electron chi connectivity index (χ2n) is 7.04. The standard InChI is InChI=1S/C20H24O3/c1-12(2)8-7-11-20(5)14(4)17-18(23-20)16-13(3)9-6-10-15(16)22-19(17)21/h6,8-10,14H,7,11H2,1-5H3/t14-,20+/m1/s1. The lowest BCUT2D eigenvalue weighted by molar-refractivity contribution is 0.0862. The molecule has 3 rings (SSSR count). The molecule has 0 saturated carbocycles. The zero-order valence-corrected chi connectivity index (χ0v) is 14.5. The Labute approximate surface area is 137 Å². The van der Waals surface area contributed by atoms with Crippen molar-refractivity contribution in [3.05, 3.63) is 51.4 Å². The molecule has 2 aromatic rings. The van der Waals surface area contributed by atoms with E-state index in [-0.39, 0.29) is 17.1 Å². The Balaban J connectivity index is 2.10. The van der Waals surface area contributed by atoms with Gasteiger partial charge in [-0.1, -0.05) is 30.7 Å². The van der Waals surface area contributed by atoms with Crippen LogP contribution in [0, 0.1) is 6.92 Å². The van der Waals surface area contributed by atoms with E-state index < -0.39 is 0 Å². The summed E-state index contributed by atoms with van der Waals surface area (Å²) in [5, 5.41) is 0.930. The molecule has 0 amide bonds. The molecule has 0 aliphatic carbocycles. The fraction of sp³-hybridized carbons (Fsp3) is 0.450. The number of hydrogen-bond donors (Lipinski definition) is 0. The quantitative estimate of drug-likeness (QED) is 0.584. The number of allylic oxidation sites excluding steroid dienone is 2. The Bertz CT molecular complexity index is 840. The van der Waals surface area contributed by atoms with Crippen molar-refractivity contribution >= 4 is 11.0 Å². The summed E-state index contributed by atoms with van der Waals surface area (Å²) in [6, 6.07) is 5.76. The Hall–Kier alpha value is -2.03. The van der Waals surface area contributed by atoms with Gasteiger partial charge in [0.1, 0.15) is 16.9 Å². The highest BCUT2D eigenvalue weighted by Crippen LogP contribution is 2.48. The minimum atomic E-state index is -0.375. The van der Waals surface area contributed by atoms with E-state index in [1.165, 1.54) is 5.57 Å². The Morgan fingerprint density at radius 2 is 2.09 bits per heavy atom. The first-order valence-electron chi connectivity index (χ1n) is 8.22. The van der Waals surface area contributed by atoms with Gasteiger partial charge in [0.05, 0.1) is 10.9 Å². The largest absolute Gasteiger partial charge is 0.486 e. The van der Waals surface area contributed by atoms with Crippen molar-refractivity contribution < 1.29 is 9.15 Å². The topological polar surface area (TPSA) is 39.4 Å². The highest BCUT2D eigenvalue weighted by Gasteiger charge is 2.45. The third-order valence-electron chi connectivity index (χ3n) is 5.01. The maximum Gasteiger partial charge on any atom is 0.343 e. The van der Waals surface area contributed by atoms with Crippen LogP contribution >= 0.6 is 0 Å². The average Bonchev–Trinajstić information content (AvgIpc) is 2.71. The molecular weight excluding hydrogens is 288 g/mol. The fourth-order valence-corrected chi connectivity index (χ4v) is 3.42. The summed E-state index contributed by atoms with van der Waals surface area (Å²) < 4.78 is 11.9. The van der Waals surface area contributed by atoms with Gasteiger partial charge in [-0.15, -0.1) is 0 Å². The molecule has 1 aliphatic rings. The van der Waals surface area contributed by atoms with E-state index in [2.05, 4.69) is 33.8 Å². The molecule has 0 unspecified atom stereocenters. The number of fused-ring (bicyclic) bond motifs is 3. The van der Waals surface area contributed by atoms with E-state index >= 15 is 0 Å². The SMILES string of the molecule is CC(C)=CCC[C@]1(C)Oc2c(c(=O)oc3cccc(C)c23)[C@H]1C. The fourth-order valence-electron chi connectivity index (χ4n) is 3.42. The van der Waals surface area contributed by atoms with Crippen molar-refractivity contribution in [1.29, 1.82) is 0 Å². The van der Waals surface area contributed by atoms with Crippen molar-refractivity contribution in [2.75, 3.05) is 0 Å². The molecule has 122 valence electrons. The van der Waals surface area contributed by atoms with Crippen molar-refractivity contribution in [3.63, 3.8) is 0 Å². The van der Waals surface area contributed by atoms with E-state index in [1.807, 2.05) is 25.1 Å². The number of benzene rings is 1. The molecule has 0 spiro atoms. The predicted molar refractivity (Wildman–Crippen MR) is 93.3 cm³/mol. The summed E-state index contributed by atoms with van der Waals surface area (Å²) in [5.74, 6) is 0.741. The predicted octanol–water partition coefficient (Wildman–Crippen LogP) is 5.10. The lowest BCUT2D eigenvalue weighted by Crippen LogP contribution is -2.33. The minimum absolute atomic E-state index is 0.0170. The van der Waals surface area contributed by atoms with Crippen molar-refractivity contribution in [2.45, 2.75) is 59.0 Å². The molecule has 0 saturated heterocycles. The molecule has 3 nitrogen and oxygen atoms in total. The molecule has 3 heteroatoms. The molecule has 0 fully saturated rings. The van der Waals surface area contributed by atoms with Crippen LogP contribution < -0.4 is 10.4 Å². The van der Waals surface area contributed by atoms with Gasteiger partial charge in [-0.3, -0.25) is 0 Å². The van der Waals surface area contributed by atoms with Gasteiger partial charge in [-0.2, -0.15) is 0 Å². The van der Waals surface area contributed by atoms with Gasteiger partial charge in [0, 0.05) is 5.92 Å². The third-order valence-corrected chi connectivity index (χ3v) is 5.01. The lowest BCUT2D eigenvalue weighted by Gasteiger charge is -2.28. The molecule has 2 atom stereocenters. The number of rotatable bonds is 3. The minimum Gasteiger partial charge on any atom is -0.486 e. The molecule has 23 heavy (non-hydrogen) atoms. The molecule has 1 aliphatic heterocycles. The average molecular weight is 312 g/mol. The van der Waals surface area contributed by atoms with Crippen molar-refractivity contribution in [3.8, 4) is 5.75 Å². The maximum atomic E-state index is 12.5. The first kappa shape index (κ1) is 15.9. The number of ether oxygens (including phenoxy) is 1. The van der Waals surface area contributed by atoms with E-state index in [9.17, 15) is 4.79 Å². The van der Waals surface area contributed by atoms with Crippen LogP contribution in [0.1, 0.15) is 57.6 Å². The van der Waals surface area contributed by atoms with Gasteiger partial charge >= 0.3 is 5.63 Å². The van der Waals surface area contributed by atoms with Crippen LogP contribution in [0.15, 0.2) is 39.1 Å². The van der Waals surface area contributed by atoms with E-state index in [0.717, 1.165) is 29.5 Å². The first-order chi connectivity index (χ1) is 10.8. The molecule has 2 heterocycles. The molecule has 0 radical (unpaired) electrons. The van der Waals surface area contributed by atoms with Gasteiger partial charge in [0.15, 0.2) is 0 Å². The zero-order chi connectivity index (χ0) is 16.8. The Morgan fingerprint density at radius 1 is 1.35 bits per heavy atom. The smallest absolute Gasteiger partial charge is 0.343 e. The van der Waals surface area contributed by atoms with E-state index in [4.69, 9.17) is 9.15 Å². The Kier molecular flexibility index (Phi) is 3.83. The van der Waals surface area contributed by atoms with Crippen LogP contribution in [0.4, 0.5) is 0 Å². The summed E-state index contributed by atoms with van der Waals surface area (Å²) >= 11 is 0. The van der Waals surface area contributed by atoms with Crippen LogP contribution in [-0.4, -0.2) is 5.60 Å². The number of aryl methyl sites for hydroxylation is 1. The third kappa shape index (κ3) is 2.58. The zero-order valence-electron chi connectivity index (χ0n) is 14.5. The van der Waals surface area contributed by atoms with Gasteiger partial charge in [-0.25, -0.2) is 4.79 Å². The first-order valence-corrected chi connectivity index (χ1v) is 8.22. The summed E-state index contributed by atoms with van der Waals surface area (Å²) in [7, 11) is 0.